The molecule has 0 spiro atoms. The Hall–Kier alpha value is -2.11. The zero-order chi connectivity index (χ0) is 13.7. The van der Waals surface area contributed by atoms with E-state index in [1.54, 1.807) is 13.1 Å². The molecule has 0 saturated carbocycles. The van der Waals surface area contributed by atoms with Gasteiger partial charge >= 0.3 is 0 Å². The SMILES string of the molecule is CCNc1ccc([N+](=O)[O-])cc1C(=O)N(C)CC. The molecule has 0 radical (unpaired) electrons. The number of hydrogen-bond donors (Lipinski definition) is 1. The standard InChI is InChI=1S/C12H17N3O3/c1-4-13-11-7-6-9(15(17)18)8-10(11)12(16)14(3)5-2/h6-8,13H,4-5H2,1-3H3. The van der Waals surface area contributed by atoms with Crippen LogP contribution in [0.15, 0.2) is 18.2 Å². The minimum absolute atomic E-state index is 0.0792. The molecular weight excluding hydrogens is 234 g/mol. The summed E-state index contributed by atoms with van der Waals surface area (Å²) < 4.78 is 0. The summed E-state index contributed by atoms with van der Waals surface area (Å²) >= 11 is 0. The smallest absolute Gasteiger partial charge is 0.270 e. The summed E-state index contributed by atoms with van der Waals surface area (Å²) in [5.41, 5.74) is 0.869. The largest absolute Gasteiger partial charge is 0.385 e. The first-order valence-corrected chi connectivity index (χ1v) is 5.79. The Morgan fingerprint density at radius 2 is 2.11 bits per heavy atom. The van der Waals surface area contributed by atoms with Gasteiger partial charge in [0, 0.05) is 38.0 Å². The van der Waals surface area contributed by atoms with E-state index in [2.05, 4.69) is 5.32 Å². The van der Waals surface area contributed by atoms with Gasteiger partial charge in [-0.15, -0.1) is 0 Å². The van der Waals surface area contributed by atoms with Gasteiger partial charge < -0.3 is 10.2 Å². The van der Waals surface area contributed by atoms with E-state index in [1.807, 2.05) is 13.8 Å². The van der Waals surface area contributed by atoms with Crippen LogP contribution in [0.1, 0.15) is 24.2 Å². The molecule has 0 saturated heterocycles. The maximum absolute atomic E-state index is 12.1. The highest BCUT2D eigenvalue weighted by Gasteiger charge is 2.18. The van der Waals surface area contributed by atoms with Gasteiger partial charge in [0.2, 0.25) is 0 Å². The molecule has 6 heteroatoms. The van der Waals surface area contributed by atoms with Crippen LogP contribution in [0.3, 0.4) is 0 Å². The number of nitrogens with one attached hydrogen (secondary N) is 1. The molecule has 0 aliphatic heterocycles. The summed E-state index contributed by atoms with van der Waals surface area (Å²) in [7, 11) is 1.66. The van der Waals surface area contributed by atoms with Crippen molar-refractivity contribution in [2.75, 3.05) is 25.5 Å². The molecule has 1 rings (SSSR count). The molecule has 1 N–H and O–H groups in total. The van der Waals surface area contributed by atoms with E-state index in [1.165, 1.54) is 17.0 Å². The molecule has 0 aromatic heterocycles. The fourth-order valence-corrected chi connectivity index (χ4v) is 1.52. The predicted molar refractivity (Wildman–Crippen MR) is 69.9 cm³/mol. The zero-order valence-corrected chi connectivity index (χ0v) is 10.8. The van der Waals surface area contributed by atoms with E-state index in [4.69, 9.17) is 0 Å². The lowest BCUT2D eigenvalue weighted by atomic mass is 10.1. The number of amides is 1. The third-order valence-corrected chi connectivity index (χ3v) is 2.63. The molecule has 1 aromatic rings. The molecule has 18 heavy (non-hydrogen) atoms. The number of anilines is 1. The van der Waals surface area contributed by atoms with Crippen molar-refractivity contribution in [3.8, 4) is 0 Å². The molecule has 0 bridgehead atoms. The lowest BCUT2D eigenvalue weighted by molar-refractivity contribution is -0.384. The van der Waals surface area contributed by atoms with Gasteiger partial charge in [-0.3, -0.25) is 14.9 Å². The third kappa shape index (κ3) is 2.97. The number of nitro groups is 1. The highest BCUT2D eigenvalue weighted by Crippen LogP contribution is 2.23. The summed E-state index contributed by atoms with van der Waals surface area (Å²) in [6.07, 6.45) is 0. The van der Waals surface area contributed by atoms with E-state index < -0.39 is 4.92 Å². The summed E-state index contributed by atoms with van der Waals surface area (Å²) in [6, 6.07) is 4.27. The Morgan fingerprint density at radius 1 is 1.44 bits per heavy atom. The lowest BCUT2D eigenvalue weighted by Gasteiger charge is -2.17. The number of rotatable bonds is 5. The molecule has 0 heterocycles. The third-order valence-electron chi connectivity index (χ3n) is 2.63. The molecule has 0 unspecified atom stereocenters. The van der Waals surface area contributed by atoms with Crippen LogP contribution in [0.4, 0.5) is 11.4 Å². The number of nitrogens with zero attached hydrogens (tertiary/aromatic N) is 2. The molecule has 6 nitrogen and oxygen atoms in total. The monoisotopic (exact) mass is 251 g/mol. The normalized spacial score (nSPS) is 9.94. The minimum Gasteiger partial charge on any atom is -0.385 e. The minimum atomic E-state index is -0.502. The molecule has 0 fully saturated rings. The summed E-state index contributed by atoms with van der Waals surface area (Å²) in [4.78, 5) is 23.9. The van der Waals surface area contributed by atoms with Gasteiger partial charge in [-0.2, -0.15) is 0 Å². The number of non-ortho nitro benzene ring substituents is 1. The second kappa shape index (κ2) is 6.00. The maximum atomic E-state index is 12.1. The van der Waals surface area contributed by atoms with Crippen molar-refractivity contribution < 1.29 is 9.72 Å². The first kappa shape index (κ1) is 14.0. The number of hydrogen-bond acceptors (Lipinski definition) is 4. The maximum Gasteiger partial charge on any atom is 0.270 e. The average Bonchev–Trinajstić information content (AvgIpc) is 2.37. The summed E-state index contributed by atoms with van der Waals surface area (Å²) in [5.74, 6) is -0.225. The van der Waals surface area contributed by atoms with Gasteiger partial charge in [0.15, 0.2) is 0 Å². The van der Waals surface area contributed by atoms with Crippen LogP contribution >= 0.6 is 0 Å². The topological polar surface area (TPSA) is 75.5 Å². The molecule has 0 aliphatic rings. The number of nitro benzene ring substituents is 1. The van der Waals surface area contributed by atoms with Gasteiger partial charge in [0.1, 0.15) is 0 Å². The van der Waals surface area contributed by atoms with Crippen LogP contribution in [-0.4, -0.2) is 35.9 Å². The fraction of sp³-hybridized carbons (Fsp3) is 0.417. The highest BCUT2D eigenvalue weighted by molar-refractivity contribution is 6.00. The van der Waals surface area contributed by atoms with Crippen molar-refractivity contribution in [2.24, 2.45) is 0 Å². The second-order valence-electron chi connectivity index (χ2n) is 3.84. The van der Waals surface area contributed by atoms with Crippen molar-refractivity contribution in [3.05, 3.63) is 33.9 Å². The van der Waals surface area contributed by atoms with Crippen LogP contribution in [0.25, 0.3) is 0 Å². The Balaban J connectivity index is 3.22. The van der Waals surface area contributed by atoms with E-state index in [-0.39, 0.29) is 11.6 Å². The number of carbonyl (C=O) groups is 1. The summed E-state index contributed by atoms with van der Waals surface area (Å²) in [6.45, 7) is 4.95. The Bertz CT molecular complexity index is 460. The van der Waals surface area contributed by atoms with E-state index in [0.29, 0.717) is 24.3 Å². The fourth-order valence-electron chi connectivity index (χ4n) is 1.52. The van der Waals surface area contributed by atoms with Gasteiger partial charge in [0.05, 0.1) is 10.5 Å². The van der Waals surface area contributed by atoms with E-state index >= 15 is 0 Å². The molecule has 1 amide bonds. The van der Waals surface area contributed by atoms with E-state index in [9.17, 15) is 14.9 Å². The Labute approximate surface area is 106 Å². The van der Waals surface area contributed by atoms with Crippen LogP contribution < -0.4 is 5.32 Å². The first-order chi connectivity index (χ1) is 8.51. The Morgan fingerprint density at radius 3 is 2.61 bits per heavy atom. The molecular formula is C12H17N3O3. The highest BCUT2D eigenvalue weighted by atomic mass is 16.6. The second-order valence-corrected chi connectivity index (χ2v) is 3.84. The Kier molecular flexibility index (Phi) is 4.65. The summed E-state index contributed by atoms with van der Waals surface area (Å²) in [5, 5.41) is 13.8. The van der Waals surface area contributed by atoms with Crippen molar-refractivity contribution >= 4 is 17.3 Å². The van der Waals surface area contributed by atoms with Crippen LogP contribution in [-0.2, 0) is 0 Å². The van der Waals surface area contributed by atoms with Crippen LogP contribution in [0.5, 0.6) is 0 Å². The number of benzene rings is 1. The van der Waals surface area contributed by atoms with Gasteiger partial charge in [-0.05, 0) is 19.9 Å². The molecule has 0 atom stereocenters. The van der Waals surface area contributed by atoms with Gasteiger partial charge in [-0.25, -0.2) is 0 Å². The zero-order valence-electron chi connectivity index (χ0n) is 10.8. The predicted octanol–water partition coefficient (Wildman–Crippen LogP) is 2.12. The molecule has 1 aromatic carbocycles. The van der Waals surface area contributed by atoms with Gasteiger partial charge in [-0.1, -0.05) is 0 Å². The lowest BCUT2D eigenvalue weighted by Crippen LogP contribution is -2.27. The van der Waals surface area contributed by atoms with E-state index in [0.717, 1.165) is 0 Å². The van der Waals surface area contributed by atoms with Crippen molar-refractivity contribution in [3.63, 3.8) is 0 Å². The molecule has 0 aliphatic carbocycles. The molecule has 98 valence electrons. The van der Waals surface area contributed by atoms with Crippen molar-refractivity contribution in [1.82, 2.24) is 4.90 Å². The first-order valence-electron chi connectivity index (χ1n) is 5.79. The quantitative estimate of drug-likeness (QED) is 0.642. The van der Waals surface area contributed by atoms with Gasteiger partial charge in [0.25, 0.3) is 11.6 Å². The van der Waals surface area contributed by atoms with Crippen LogP contribution in [0, 0.1) is 10.1 Å². The average molecular weight is 251 g/mol. The van der Waals surface area contributed by atoms with Crippen molar-refractivity contribution in [1.29, 1.82) is 0 Å². The van der Waals surface area contributed by atoms with Crippen molar-refractivity contribution in [2.45, 2.75) is 13.8 Å². The van der Waals surface area contributed by atoms with Crippen LogP contribution in [0.2, 0.25) is 0 Å². The number of carbonyl (C=O) groups excluding carboxylic acids is 1.